The van der Waals surface area contributed by atoms with Gasteiger partial charge in [0.05, 0.1) is 12.1 Å². The van der Waals surface area contributed by atoms with Crippen LogP contribution in [-0.4, -0.2) is 39.7 Å². The van der Waals surface area contributed by atoms with Gasteiger partial charge in [-0.05, 0) is 36.1 Å². The van der Waals surface area contributed by atoms with Crippen LogP contribution in [0.15, 0.2) is 58.1 Å². The summed E-state index contributed by atoms with van der Waals surface area (Å²) < 4.78 is 6.31. The minimum Gasteiger partial charge on any atom is -0.508 e. The average molecular weight is 481 g/mol. The van der Waals surface area contributed by atoms with Crippen LogP contribution in [0.3, 0.4) is 0 Å². The smallest absolute Gasteiger partial charge is 0.338 e. The summed E-state index contributed by atoms with van der Waals surface area (Å²) in [6.45, 7) is 4.87. The number of esters is 1. The number of phenolic OH excluding ortho intramolecular Hbond substituents is 1. The first-order chi connectivity index (χ1) is 16.6. The minimum atomic E-state index is -0.819. The monoisotopic (exact) mass is 480 g/mol. The number of phenols is 1. The highest BCUT2D eigenvalue weighted by Gasteiger charge is 2.26. The molecule has 0 aliphatic rings. The van der Waals surface area contributed by atoms with E-state index in [1.165, 1.54) is 16.7 Å². The molecular weight excluding hydrogens is 452 g/mol. The predicted molar refractivity (Wildman–Crippen MR) is 132 cm³/mol. The molecule has 4 N–H and O–H groups in total. The molecule has 1 amide bonds. The molecule has 184 valence electrons. The summed E-state index contributed by atoms with van der Waals surface area (Å²) in [5, 5.41) is 9.81. The third-order valence-corrected chi connectivity index (χ3v) is 5.29. The van der Waals surface area contributed by atoms with Gasteiger partial charge >= 0.3 is 11.7 Å². The van der Waals surface area contributed by atoms with E-state index < -0.39 is 29.7 Å². The van der Waals surface area contributed by atoms with Crippen LogP contribution in [0.1, 0.15) is 35.3 Å². The third kappa shape index (κ3) is 5.97. The summed E-state index contributed by atoms with van der Waals surface area (Å²) in [6, 6.07) is 13.3. The molecule has 3 rings (SSSR count). The van der Waals surface area contributed by atoms with E-state index in [4.69, 9.17) is 10.5 Å². The van der Waals surface area contributed by atoms with Gasteiger partial charge in [0.1, 0.15) is 11.6 Å². The zero-order chi connectivity index (χ0) is 25.7. The Labute approximate surface area is 201 Å². The van der Waals surface area contributed by atoms with E-state index in [-0.39, 0.29) is 41.8 Å². The number of aromatic nitrogens is 2. The van der Waals surface area contributed by atoms with Crippen molar-refractivity contribution in [3.8, 4) is 5.75 Å². The van der Waals surface area contributed by atoms with Crippen molar-refractivity contribution >= 4 is 23.4 Å². The van der Waals surface area contributed by atoms with Gasteiger partial charge in [-0.15, -0.1) is 0 Å². The van der Waals surface area contributed by atoms with Gasteiger partial charge in [-0.25, -0.2) is 9.59 Å². The van der Waals surface area contributed by atoms with Gasteiger partial charge in [0.25, 0.3) is 11.5 Å². The molecule has 2 aromatic carbocycles. The third-order valence-electron chi connectivity index (χ3n) is 5.29. The molecule has 0 spiro atoms. The van der Waals surface area contributed by atoms with Crippen molar-refractivity contribution in [2.24, 2.45) is 5.92 Å². The van der Waals surface area contributed by atoms with Crippen LogP contribution in [0.4, 0.5) is 11.5 Å². The molecule has 35 heavy (non-hydrogen) atoms. The van der Waals surface area contributed by atoms with Gasteiger partial charge in [0.15, 0.2) is 12.3 Å². The molecule has 10 nitrogen and oxygen atoms in total. The molecule has 0 aliphatic carbocycles. The minimum absolute atomic E-state index is 0.0722. The van der Waals surface area contributed by atoms with Gasteiger partial charge < -0.3 is 20.5 Å². The number of aryl methyl sites for hydroxylation is 1. The molecule has 0 unspecified atom stereocenters. The number of benzene rings is 2. The first-order valence-electron chi connectivity index (χ1n) is 11.0. The van der Waals surface area contributed by atoms with Crippen LogP contribution >= 0.6 is 0 Å². The fourth-order valence-corrected chi connectivity index (χ4v) is 3.47. The number of nitrogen functional groups attached to an aromatic ring is 1. The first-order valence-corrected chi connectivity index (χ1v) is 11.0. The summed E-state index contributed by atoms with van der Waals surface area (Å²) in [4.78, 5) is 54.1. The Morgan fingerprint density at radius 2 is 1.83 bits per heavy atom. The molecule has 1 heterocycles. The topological polar surface area (TPSA) is 148 Å². The maximum atomic E-state index is 13.1. The number of hydrogen-bond donors (Lipinski definition) is 3. The van der Waals surface area contributed by atoms with Crippen LogP contribution in [-0.2, 0) is 16.1 Å². The van der Waals surface area contributed by atoms with E-state index in [0.29, 0.717) is 5.56 Å². The Kier molecular flexibility index (Phi) is 7.75. The molecule has 1 aromatic heterocycles. The summed E-state index contributed by atoms with van der Waals surface area (Å²) in [5.41, 5.74) is 5.96. The van der Waals surface area contributed by atoms with E-state index in [9.17, 15) is 24.3 Å². The Morgan fingerprint density at radius 1 is 1.14 bits per heavy atom. The highest BCUT2D eigenvalue weighted by Crippen LogP contribution is 2.21. The molecule has 0 saturated heterocycles. The molecule has 0 radical (unpaired) electrons. The van der Waals surface area contributed by atoms with Gasteiger partial charge in [-0.1, -0.05) is 50.2 Å². The fourth-order valence-electron chi connectivity index (χ4n) is 3.47. The molecule has 10 heteroatoms. The van der Waals surface area contributed by atoms with E-state index in [2.05, 4.69) is 4.98 Å². The number of H-pyrrole nitrogens is 1. The second-order valence-corrected chi connectivity index (χ2v) is 8.54. The lowest BCUT2D eigenvalue weighted by molar-refractivity contribution is -0.121. The second kappa shape index (κ2) is 10.7. The lowest BCUT2D eigenvalue weighted by atomic mass is 10.1. The average Bonchev–Trinajstić information content (AvgIpc) is 2.81. The number of rotatable bonds is 8. The number of nitrogens with one attached hydrogen (secondary N) is 1. The molecule has 0 fully saturated rings. The van der Waals surface area contributed by atoms with Crippen molar-refractivity contribution in [2.75, 3.05) is 23.8 Å². The largest absolute Gasteiger partial charge is 0.508 e. The van der Waals surface area contributed by atoms with E-state index in [1.807, 2.05) is 19.9 Å². The van der Waals surface area contributed by atoms with Crippen molar-refractivity contribution in [3.05, 3.63) is 86.1 Å². The normalized spacial score (nSPS) is 10.9. The lowest BCUT2D eigenvalue weighted by Crippen LogP contribution is -2.44. The number of carbonyl (C=O) groups is 2. The highest BCUT2D eigenvalue weighted by molar-refractivity contribution is 5.98. The van der Waals surface area contributed by atoms with E-state index in [0.717, 1.165) is 10.5 Å². The van der Waals surface area contributed by atoms with Crippen molar-refractivity contribution in [2.45, 2.75) is 27.3 Å². The van der Waals surface area contributed by atoms with Gasteiger partial charge in [-0.2, -0.15) is 0 Å². The van der Waals surface area contributed by atoms with Crippen molar-refractivity contribution in [3.63, 3.8) is 0 Å². The number of aromatic amines is 1. The quantitative estimate of drug-likeness (QED) is 0.418. The maximum Gasteiger partial charge on any atom is 0.338 e. The molecule has 3 aromatic rings. The number of ether oxygens (including phenoxy) is 1. The maximum absolute atomic E-state index is 13.1. The van der Waals surface area contributed by atoms with Gasteiger partial charge in [0, 0.05) is 6.54 Å². The number of anilines is 2. The number of hydrogen-bond acceptors (Lipinski definition) is 7. The summed E-state index contributed by atoms with van der Waals surface area (Å²) >= 11 is 0. The van der Waals surface area contributed by atoms with Crippen LogP contribution in [0.25, 0.3) is 0 Å². The summed E-state index contributed by atoms with van der Waals surface area (Å²) in [5.74, 6) is -1.82. The summed E-state index contributed by atoms with van der Waals surface area (Å²) in [6.07, 6.45) is 0. The second-order valence-electron chi connectivity index (χ2n) is 8.54. The van der Waals surface area contributed by atoms with Crippen LogP contribution < -0.4 is 21.9 Å². The zero-order valence-corrected chi connectivity index (χ0v) is 19.8. The van der Waals surface area contributed by atoms with Crippen LogP contribution in [0.2, 0.25) is 0 Å². The van der Waals surface area contributed by atoms with Gasteiger partial charge in [0.2, 0.25) is 0 Å². The van der Waals surface area contributed by atoms with Crippen LogP contribution in [0, 0.1) is 12.8 Å². The Hall–Kier alpha value is -4.34. The van der Waals surface area contributed by atoms with E-state index >= 15 is 0 Å². The van der Waals surface area contributed by atoms with Gasteiger partial charge in [-0.3, -0.25) is 19.1 Å². The highest BCUT2D eigenvalue weighted by atomic mass is 16.5. The Balaban J connectivity index is 1.90. The standard InChI is InChI=1S/C25H28N4O6/c1-15(2)12-28(20(31)14-35-24(33)18-10-9-16(3)19(30)11-18)21-22(26)29(25(34)27-23(21)32)13-17-7-5-4-6-8-17/h4-11,15,30H,12-14,26H2,1-3H3,(H,27,32,34). The van der Waals surface area contributed by atoms with Crippen LogP contribution in [0.5, 0.6) is 5.75 Å². The molecular formula is C25H28N4O6. The zero-order valence-electron chi connectivity index (χ0n) is 19.8. The van der Waals surface area contributed by atoms with E-state index in [1.54, 1.807) is 37.3 Å². The molecule has 0 aliphatic heterocycles. The van der Waals surface area contributed by atoms with Crippen molar-refractivity contribution < 1.29 is 19.4 Å². The number of carbonyl (C=O) groups excluding carboxylic acids is 2. The Bertz CT molecular complexity index is 1340. The number of amides is 1. The molecule has 0 bridgehead atoms. The number of aromatic hydroxyl groups is 1. The Morgan fingerprint density at radius 3 is 2.46 bits per heavy atom. The number of nitrogens with zero attached hydrogens (tertiary/aromatic N) is 2. The lowest BCUT2D eigenvalue weighted by Gasteiger charge is -2.26. The predicted octanol–water partition coefficient (Wildman–Crippen LogP) is 2.03. The fraction of sp³-hybridized carbons (Fsp3) is 0.280. The molecule has 0 atom stereocenters. The first kappa shape index (κ1) is 25.3. The summed E-state index contributed by atoms with van der Waals surface area (Å²) in [7, 11) is 0. The number of nitrogens with two attached hydrogens (primary N) is 1. The molecule has 0 saturated carbocycles. The van der Waals surface area contributed by atoms with Crippen molar-refractivity contribution in [1.29, 1.82) is 0 Å². The SMILES string of the molecule is Cc1ccc(C(=O)OCC(=O)N(CC(C)C)c2c(N)n(Cc3ccccc3)c(=O)[nH]c2=O)cc1O. The van der Waals surface area contributed by atoms with Crippen molar-refractivity contribution in [1.82, 2.24) is 9.55 Å².